The van der Waals surface area contributed by atoms with Gasteiger partial charge in [0.15, 0.2) is 0 Å². The molecule has 0 saturated carbocycles. The topological polar surface area (TPSA) is 52.7 Å². The quantitative estimate of drug-likeness (QED) is 0.762. The molecule has 2 amide bonds. The minimum Gasteiger partial charge on any atom is -0.351 e. The fraction of sp³-hybridized carbons (Fsp3) is 0.529. The van der Waals surface area contributed by atoms with Gasteiger partial charge in [-0.1, -0.05) is 18.5 Å². The summed E-state index contributed by atoms with van der Waals surface area (Å²) in [4.78, 5) is 27.4. The van der Waals surface area contributed by atoms with E-state index in [1.165, 1.54) is 0 Å². The molecule has 1 aromatic rings. The van der Waals surface area contributed by atoms with Gasteiger partial charge in [-0.3, -0.25) is 14.5 Å². The lowest BCUT2D eigenvalue weighted by Gasteiger charge is -2.20. The number of rotatable bonds is 8. The van der Waals surface area contributed by atoms with Crippen LogP contribution in [0.1, 0.15) is 30.1 Å². The Morgan fingerprint density at radius 2 is 2.20 bits per heavy atom. The van der Waals surface area contributed by atoms with E-state index in [1.807, 2.05) is 0 Å². The number of anilines is 1. The fourth-order valence-corrected chi connectivity index (χ4v) is 2.98. The predicted molar refractivity (Wildman–Crippen MR) is 93.5 cm³/mol. The molecule has 0 atom stereocenters. The van der Waals surface area contributed by atoms with Crippen LogP contribution in [0, 0.1) is 0 Å². The van der Waals surface area contributed by atoms with Gasteiger partial charge in [0.2, 0.25) is 5.91 Å². The normalized spacial score (nSPS) is 14.6. The number of amides is 2. The van der Waals surface area contributed by atoms with Crippen LogP contribution in [0.25, 0.3) is 0 Å². The highest BCUT2D eigenvalue weighted by molar-refractivity contribution is 6.34. The number of alkyl halides is 2. The lowest BCUT2D eigenvalue weighted by molar-refractivity contribution is -0.117. The summed E-state index contributed by atoms with van der Waals surface area (Å²) >= 11 is 6.10. The molecule has 0 unspecified atom stereocenters. The van der Waals surface area contributed by atoms with Gasteiger partial charge in [-0.15, -0.1) is 0 Å². The Kier molecular flexibility index (Phi) is 7.13. The van der Waals surface area contributed by atoms with Crippen molar-refractivity contribution in [2.45, 2.75) is 26.2 Å². The van der Waals surface area contributed by atoms with Gasteiger partial charge >= 0.3 is 0 Å². The molecule has 0 spiro atoms. The van der Waals surface area contributed by atoms with Crippen molar-refractivity contribution in [3.63, 3.8) is 0 Å². The predicted octanol–water partition coefficient (Wildman–Crippen LogP) is 2.78. The Morgan fingerprint density at radius 1 is 1.44 bits per heavy atom. The molecule has 1 aromatic carbocycles. The number of halogens is 3. The Bertz CT molecular complexity index is 628. The van der Waals surface area contributed by atoms with E-state index < -0.39 is 6.43 Å². The van der Waals surface area contributed by atoms with E-state index in [1.54, 1.807) is 34.9 Å². The van der Waals surface area contributed by atoms with Gasteiger partial charge in [0.05, 0.1) is 17.1 Å². The molecule has 0 bridgehead atoms. The largest absolute Gasteiger partial charge is 0.351 e. The number of nitrogens with zero attached hydrogens (tertiary/aromatic N) is 2. The Balaban J connectivity index is 1.97. The van der Waals surface area contributed by atoms with E-state index >= 15 is 0 Å². The maximum Gasteiger partial charge on any atom is 0.252 e. The summed E-state index contributed by atoms with van der Waals surface area (Å²) < 4.78 is 24.8. The van der Waals surface area contributed by atoms with E-state index in [9.17, 15) is 18.4 Å². The van der Waals surface area contributed by atoms with Crippen molar-refractivity contribution in [3.8, 4) is 0 Å². The minimum atomic E-state index is -2.40. The van der Waals surface area contributed by atoms with Gasteiger partial charge in [0.25, 0.3) is 12.3 Å². The molecule has 0 radical (unpaired) electrons. The molecule has 138 valence electrons. The summed E-state index contributed by atoms with van der Waals surface area (Å²) in [5, 5.41) is 2.98. The molecule has 8 heteroatoms. The van der Waals surface area contributed by atoms with Crippen molar-refractivity contribution < 1.29 is 18.4 Å². The molecular formula is C17H22ClF2N3O2. The summed E-state index contributed by atoms with van der Waals surface area (Å²) in [6.45, 7) is 3.14. The highest BCUT2D eigenvalue weighted by Crippen LogP contribution is 2.26. The fourth-order valence-electron chi connectivity index (χ4n) is 2.77. The van der Waals surface area contributed by atoms with Crippen molar-refractivity contribution in [3.05, 3.63) is 28.8 Å². The molecule has 1 saturated heterocycles. The summed E-state index contributed by atoms with van der Waals surface area (Å²) in [5.41, 5.74) is 0.917. The number of nitrogens with one attached hydrogen (secondary N) is 1. The Labute approximate surface area is 150 Å². The maximum absolute atomic E-state index is 12.4. The monoisotopic (exact) mass is 373 g/mol. The van der Waals surface area contributed by atoms with Gasteiger partial charge in [0, 0.05) is 31.7 Å². The summed E-state index contributed by atoms with van der Waals surface area (Å²) in [5.74, 6) is -0.356. The summed E-state index contributed by atoms with van der Waals surface area (Å²) in [6, 6.07) is 4.90. The van der Waals surface area contributed by atoms with Gasteiger partial charge in [-0.25, -0.2) is 8.78 Å². The SMILES string of the molecule is CCN(CCNC(=O)c1cc(N2CCCC2=O)ccc1Cl)CC(F)F. The second kappa shape index (κ2) is 9.10. The second-order valence-corrected chi connectivity index (χ2v) is 6.26. The third-order valence-electron chi connectivity index (χ3n) is 4.14. The van der Waals surface area contributed by atoms with E-state index in [2.05, 4.69) is 5.32 Å². The second-order valence-electron chi connectivity index (χ2n) is 5.85. The van der Waals surface area contributed by atoms with Crippen LogP contribution in [-0.4, -0.2) is 55.9 Å². The van der Waals surface area contributed by atoms with Gasteiger partial charge in [-0.2, -0.15) is 0 Å². The van der Waals surface area contributed by atoms with Crippen molar-refractivity contribution in [1.82, 2.24) is 10.2 Å². The van der Waals surface area contributed by atoms with Crippen LogP contribution < -0.4 is 10.2 Å². The smallest absolute Gasteiger partial charge is 0.252 e. The van der Waals surface area contributed by atoms with Crippen LogP contribution in [0.2, 0.25) is 5.02 Å². The zero-order valence-corrected chi connectivity index (χ0v) is 14.9. The molecule has 0 aliphatic carbocycles. The third kappa shape index (κ3) is 5.37. The van der Waals surface area contributed by atoms with Crippen LogP contribution in [0.4, 0.5) is 14.5 Å². The highest BCUT2D eigenvalue weighted by Gasteiger charge is 2.23. The van der Waals surface area contributed by atoms with Crippen LogP contribution in [-0.2, 0) is 4.79 Å². The molecule has 25 heavy (non-hydrogen) atoms. The average molecular weight is 374 g/mol. The Morgan fingerprint density at radius 3 is 2.80 bits per heavy atom. The molecule has 1 N–H and O–H groups in total. The summed E-state index contributed by atoms with van der Waals surface area (Å²) in [7, 11) is 0. The number of likely N-dealkylation sites (N-methyl/N-ethyl adjacent to an activating group) is 1. The number of carbonyl (C=O) groups is 2. The lowest BCUT2D eigenvalue weighted by Crippen LogP contribution is -2.37. The van der Waals surface area contributed by atoms with Crippen LogP contribution in [0.3, 0.4) is 0 Å². The summed E-state index contributed by atoms with van der Waals surface area (Å²) in [6.07, 6.45) is -1.11. The standard InChI is InChI=1S/C17H22ClF2N3O2/c1-2-22(11-15(19)20)9-7-21-17(25)13-10-12(5-6-14(13)18)23-8-3-4-16(23)24/h5-6,10,15H,2-4,7-9,11H2,1H3,(H,21,25). The van der Waals surface area contributed by atoms with Crippen LogP contribution in [0.15, 0.2) is 18.2 Å². The molecule has 1 aliphatic rings. The first-order valence-electron chi connectivity index (χ1n) is 8.31. The third-order valence-corrected chi connectivity index (χ3v) is 4.47. The first-order valence-corrected chi connectivity index (χ1v) is 8.68. The minimum absolute atomic E-state index is 0.0271. The molecule has 2 rings (SSSR count). The van der Waals surface area contributed by atoms with Crippen LogP contribution >= 0.6 is 11.6 Å². The molecule has 1 aliphatic heterocycles. The van der Waals surface area contributed by atoms with E-state index in [0.717, 1.165) is 6.42 Å². The lowest BCUT2D eigenvalue weighted by atomic mass is 10.1. The molecular weight excluding hydrogens is 352 g/mol. The van der Waals surface area contributed by atoms with Crippen molar-refractivity contribution in [2.75, 3.05) is 37.6 Å². The van der Waals surface area contributed by atoms with Crippen molar-refractivity contribution in [1.29, 1.82) is 0 Å². The molecule has 1 heterocycles. The number of hydrogen-bond donors (Lipinski definition) is 1. The first kappa shape index (κ1) is 19.6. The van der Waals surface area contributed by atoms with Gasteiger partial charge in [0.1, 0.15) is 0 Å². The zero-order chi connectivity index (χ0) is 18.4. The highest BCUT2D eigenvalue weighted by atomic mass is 35.5. The van der Waals surface area contributed by atoms with Gasteiger partial charge in [-0.05, 0) is 31.2 Å². The van der Waals surface area contributed by atoms with E-state index in [0.29, 0.717) is 31.7 Å². The first-order chi connectivity index (χ1) is 11.9. The van der Waals surface area contributed by atoms with E-state index in [-0.39, 0.29) is 35.5 Å². The number of hydrogen-bond acceptors (Lipinski definition) is 3. The number of carbonyl (C=O) groups excluding carboxylic acids is 2. The molecule has 0 aromatic heterocycles. The van der Waals surface area contributed by atoms with Gasteiger partial charge < -0.3 is 10.2 Å². The van der Waals surface area contributed by atoms with E-state index in [4.69, 9.17) is 11.6 Å². The van der Waals surface area contributed by atoms with Crippen molar-refractivity contribution in [2.24, 2.45) is 0 Å². The van der Waals surface area contributed by atoms with Crippen LogP contribution in [0.5, 0.6) is 0 Å². The van der Waals surface area contributed by atoms with Crippen molar-refractivity contribution >= 4 is 29.1 Å². The molecule has 1 fully saturated rings. The molecule has 5 nitrogen and oxygen atoms in total. The average Bonchev–Trinajstić information content (AvgIpc) is 3.00. The Hall–Kier alpha value is -1.73. The number of benzene rings is 1. The maximum atomic E-state index is 12.4. The zero-order valence-electron chi connectivity index (χ0n) is 14.1.